The number of rotatable bonds is 3. The quantitative estimate of drug-likeness (QED) is 0.521. The summed E-state index contributed by atoms with van der Waals surface area (Å²) >= 11 is 10.2. The average molecular weight is 354 g/mol. The van der Waals surface area contributed by atoms with E-state index in [1.54, 1.807) is 0 Å². The lowest BCUT2D eigenvalue weighted by Gasteiger charge is -2.29. The summed E-state index contributed by atoms with van der Waals surface area (Å²) in [5, 5.41) is 3.22. The normalized spacial score (nSPS) is 15.3. The molecule has 0 saturated heterocycles. The van der Waals surface area contributed by atoms with E-state index in [0.717, 1.165) is 16.8 Å². The Hall–Kier alpha value is -0.530. The number of alkyl halides is 1. The molecule has 0 N–H and O–H groups in total. The van der Waals surface area contributed by atoms with E-state index in [4.69, 9.17) is 11.6 Å². The zero-order valence-electron chi connectivity index (χ0n) is 12.6. The molecule has 108 valence electrons. The molecule has 2 aromatic rings. The Morgan fingerprint density at radius 1 is 1.05 bits per heavy atom. The van der Waals surface area contributed by atoms with Gasteiger partial charge in [-0.05, 0) is 34.8 Å². The highest BCUT2D eigenvalue weighted by atomic mass is 79.9. The van der Waals surface area contributed by atoms with Gasteiger partial charge in [0.15, 0.2) is 0 Å². The van der Waals surface area contributed by atoms with Gasteiger partial charge < -0.3 is 0 Å². The van der Waals surface area contributed by atoms with Crippen molar-refractivity contribution in [2.75, 3.05) is 0 Å². The molecule has 0 aliphatic carbocycles. The zero-order valence-corrected chi connectivity index (χ0v) is 14.9. The molecule has 0 aliphatic rings. The van der Waals surface area contributed by atoms with Crippen LogP contribution in [-0.4, -0.2) is 0 Å². The summed E-state index contributed by atoms with van der Waals surface area (Å²) in [6, 6.07) is 12.5. The fourth-order valence-corrected chi connectivity index (χ4v) is 3.54. The van der Waals surface area contributed by atoms with Crippen molar-refractivity contribution in [3.05, 3.63) is 47.0 Å². The van der Waals surface area contributed by atoms with Crippen LogP contribution in [0.2, 0.25) is 5.02 Å². The van der Waals surface area contributed by atoms with Crippen molar-refractivity contribution >= 4 is 38.3 Å². The Kier molecular flexibility index (Phi) is 4.81. The van der Waals surface area contributed by atoms with Crippen molar-refractivity contribution in [2.45, 2.75) is 38.9 Å². The van der Waals surface area contributed by atoms with E-state index in [-0.39, 0.29) is 0 Å². The molecule has 0 amide bonds. The number of fused-ring (bicyclic) bond motifs is 1. The van der Waals surface area contributed by atoms with Crippen molar-refractivity contribution in [2.24, 2.45) is 11.3 Å². The Balaban J connectivity index is 2.36. The second kappa shape index (κ2) is 6.07. The van der Waals surface area contributed by atoms with Gasteiger partial charge in [0.05, 0.1) is 0 Å². The lowest BCUT2D eigenvalue weighted by atomic mass is 9.78. The Labute approximate surface area is 135 Å². The molecule has 2 rings (SSSR count). The number of hydrogen-bond donors (Lipinski definition) is 0. The molecule has 0 bridgehead atoms. The van der Waals surface area contributed by atoms with Gasteiger partial charge >= 0.3 is 0 Å². The van der Waals surface area contributed by atoms with Crippen LogP contribution < -0.4 is 0 Å². The predicted molar refractivity (Wildman–Crippen MR) is 93.9 cm³/mol. The molecule has 0 aromatic heterocycles. The van der Waals surface area contributed by atoms with Crippen LogP contribution in [0.5, 0.6) is 0 Å². The summed E-state index contributed by atoms with van der Waals surface area (Å²) in [7, 11) is 0. The van der Waals surface area contributed by atoms with Crippen LogP contribution in [0.4, 0.5) is 0 Å². The van der Waals surface area contributed by atoms with Crippen molar-refractivity contribution in [3.63, 3.8) is 0 Å². The highest BCUT2D eigenvalue weighted by Gasteiger charge is 2.24. The Morgan fingerprint density at radius 3 is 2.25 bits per heavy atom. The van der Waals surface area contributed by atoms with Gasteiger partial charge in [0, 0.05) is 15.2 Å². The molecule has 0 aliphatic heterocycles. The summed E-state index contributed by atoms with van der Waals surface area (Å²) in [5.41, 5.74) is 1.66. The molecule has 2 heteroatoms. The van der Waals surface area contributed by atoms with Gasteiger partial charge in [0.1, 0.15) is 0 Å². The van der Waals surface area contributed by atoms with E-state index in [9.17, 15) is 0 Å². The largest absolute Gasteiger partial charge is 0.0838 e. The highest BCUT2D eigenvalue weighted by molar-refractivity contribution is 9.09. The molecule has 0 saturated carbocycles. The maximum absolute atomic E-state index is 6.30. The van der Waals surface area contributed by atoms with E-state index < -0.39 is 0 Å². The molecule has 2 aromatic carbocycles. The maximum atomic E-state index is 6.30. The summed E-state index contributed by atoms with van der Waals surface area (Å²) in [6.07, 6.45) is 1.12. The molecule has 20 heavy (non-hydrogen) atoms. The Morgan fingerprint density at radius 2 is 1.65 bits per heavy atom. The van der Waals surface area contributed by atoms with Gasteiger partial charge in [-0.25, -0.2) is 0 Å². The minimum absolute atomic E-state index is 0.328. The van der Waals surface area contributed by atoms with Crippen molar-refractivity contribution in [1.82, 2.24) is 0 Å². The van der Waals surface area contributed by atoms with Crippen LogP contribution in [-0.2, 0) is 0 Å². The van der Waals surface area contributed by atoms with E-state index in [0.29, 0.717) is 16.2 Å². The van der Waals surface area contributed by atoms with Crippen LogP contribution in [0.1, 0.15) is 44.5 Å². The SMILES string of the molecule is CC(CC(Br)c1ccc(Cl)c2ccccc12)C(C)(C)C. The fourth-order valence-electron chi connectivity index (χ4n) is 2.35. The second-order valence-corrected chi connectivity index (χ2v) is 8.17. The van der Waals surface area contributed by atoms with Gasteiger partial charge in [-0.15, -0.1) is 0 Å². The predicted octanol–water partition coefficient (Wildman–Crippen LogP) is 7.00. The molecule has 2 unspecified atom stereocenters. The molecule has 0 heterocycles. The monoisotopic (exact) mass is 352 g/mol. The lowest BCUT2D eigenvalue weighted by molar-refractivity contribution is 0.247. The molecule has 0 fully saturated rings. The first-order valence-electron chi connectivity index (χ1n) is 7.12. The van der Waals surface area contributed by atoms with E-state index in [2.05, 4.69) is 67.9 Å². The van der Waals surface area contributed by atoms with E-state index in [1.807, 2.05) is 12.1 Å². The second-order valence-electron chi connectivity index (χ2n) is 6.65. The van der Waals surface area contributed by atoms with E-state index in [1.165, 1.54) is 10.9 Å². The third kappa shape index (κ3) is 3.38. The number of halogens is 2. The van der Waals surface area contributed by atoms with E-state index >= 15 is 0 Å². The smallest absolute Gasteiger partial charge is 0.0484 e. The van der Waals surface area contributed by atoms with Gasteiger partial charge in [-0.2, -0.15) is 0 Å². The highest BCUT2D eigenvalue weighted by Crippen LogP contribution is 2.40. The third-order valence-corrected chi connectivity index (χ3v) is 5.48. The maximum Gasteiger partial charge on any atom is 0.0484 e. The Bertz CT molecular complexity index is 598. The minimum atomic E-state index is 0.328. The first kappa shape index (κ1) is 15.9. The zero-order chi connectivity index (χ0) is 14.9. The first-order valence-corrected chi connectivity index (χ1v) is 8.41. The standard InChI is InChI=1S/C18H22BrCl/c1-12(18(2,3)4)11-16(19)14-9-10-17(20)15-8-6-5-7-13(14)15/h5-10,12,16H,11H2,1-4H3. The van der Waals surface area contributed by atoms with Gasteiger partial charge in [-0.3, -0.25) is 0 Å². The van der Waals surface area contributed by atoms with Crippen molar-refractivity contribution < 1.29 is 0 Å². The number of hydrogen-bond acceptors (Lipinski definition) is 0. The summed E-state index contributed by atoms with van der Waals surface area (Å²) in [4.78, 5) is 0.360. The summed E-state index contributed by atoms with van der Waals surface area (Å²) < 4.78 is 0. The van der Waals surface area contributed by atoms with Crippen LogP contribution >= 0.6 is 27.5 Å². The lowest BCUT2D eigenvalue weighted by Crippen LogP contribution is -2.18. The van der Waals surface area contributed by atoms with Crippen LogP contribution in [0.3, 0.4) is 0 Å². The van der Waals surface area contributed by atoms with Crippen molar-refractivity contribution in [3.8, 4) is 0 Å². The average Bonchev–Trinajstić information content (AvgIpc) is 2.38. The fraction of sp³-hybridized carbons (Fsp3) is 0.444. The van der Waals surface area contributed by atoms with Gasteiger partial charge in [-0.1, -0.05) is 85.6 Å². The molecule has 0 spiro atoms. The molecule has 0 radical (unpaired) electrons. The summed E-state index contributed by atoms with van der Waals surface area (Å²) in [5.74, 6) is 0.640. The molecular weight excluding hydrogens is 332 g/mol. The third-order valence-electron chi connectivity index (χ3n) is 4.28. The van der Waals surface area contributed by atoms with Crippen LogP contribution in [0.25, 0.3) is 10.8 Å². The van der Waals surface area contributed by atoms with Gasteiger partial charge in [0.25, 0.3) is 0 Å². The van der Waals surface area contributed by atoms with Gasteiger partial charge in [0.2, 0.25) is 0 Å². The van der Waals surface area contributed by atoms with Crippen LogP contribution in [0, 0.1) is 11.3 Å². The minimum Gasteiger partial charge on any atom is -0.0838 e. The topological polar surface area (TPSA) is 0 Å². The number of benzene rings is 2. The molecular formula is C18H22BrCl. The molecule has 2 atom stereocenters. The first-order chi connectivity index (χ1) is 9.30. The van der Waals surface area contributed by atoms with Crippen molar-refractivity contribution in [1.29, 1.82) is 0 Å². The molecule has 0 nitrogen and oxygen atoms in total. The van der Waals surface area contributed by atoms with Crippen LogP contribution in [0.15, 0.2) is 36.4 Å². The summed E-state index contributed by atoms with van der Waals surface area (Å²) in [6.45, 7) is 9.23.